The third kappa shape index (κ3) is 11.0. The largest absolute Gasteiger partial charge is 0.508 e. The molecule has 0 bridgehead atoms. The fraction of sp³-hybridized carbons (Fsp3) is 0.476. The van der Waals surface area contributed by atoms with Gasteiger partial charge in [0.15, 0.2) is 5.96 Å². The van der Waals surface area contributed by atoms with E-state index in [0.29, 0.717) is 12.0 Å². The number of carbonyl (C=O) groups is 4. The zero-order valence-corrected chi connectivity index (χ0v) is 20.2. The number of thiol groups is 1. The molecule has 0 radical (unpaired) electrons. The predicted octanol–water partition coefficient (Wildman–Crippen LogP) is -2.20. The highest BCUT2D eigenvalue weighted by Crippen LogP contribution is 2.11. The molecule has 3 amide bonds. The summed E-state index contributed by atoms with van der Waals surface area (Å²) >= 11 is 3.96. The van der Waals surface area contributed by atoms with Crippen molar-refractivity contribution in [3.8, 4) is 5.75 Å². The normalized spacial score (nSPS) is 14.0. The van der Waals surface area contributed by atoms with E-state index in [2.05, 4.69) is 33.6 Å². The Morgan fingerprint density at radius 2 is 1.60 bits per heavy atom. The first-order valence-corrected chi connectivity index (χ1v) is 11.4. The van der Waals surface area contributed by atoms with E-state index in [9.17, 15) is 29.4 Å². The molecule has 13 nitrogen and oxygen atoms in total. The van der Waals surface area contributed by atoms with Crippen LogP contribution in [-0.4, -0.2) is 76.3 Å². The molecule has 0 saturated heterocycles. The zero-order chi connectivity index (χ0) is 26.5. The minimum absolute atomic E-state index is 0.0243. The molecular weight excluding hydrogens is 478 g/mol. The van der Waals surface area contributed by atoms with Crippen LogP contribution in [0.5, 0.6) is 5.75 Å². The van der Waals surface area contributed by atoms with Crippen molar-refractivity contribution in [2.24, 2.45) is 22.2 Å². The molecule has 1 aromatic rings. The van der Waals surface area contributed by atoms with Crippen LogP contribution in [0, 0.1) is 0 Å². The fourth-order valence-electron chi connectivity index (χ4n) is 2.88. The second kappa shape index (κ2) is 14.7. The van der Waals surface area contributed by atoms with Gasteiger partial charge in [0.25, 0.3) is 0 Å². The number of benzene rings is 1. The van der Waals surface area contributed by atoms with Crippen molar-refractivity contribution in [2.75, 3.05) is 12.3 Å². The molecule has 1 aromatic carbocycles. The Labute approximate surface area is 208 Å². The molecule has 0 aromatic heterocycles. The number of nitrogens with zero attached hydrogens (tertiary/aromatic N) is 1. The number of hydrogen-bond acceptors (Lipinski definition) is 8. The number of carboxylic acid groups (broad SMARTS) is 1. The smallest absolute Gasteiger partial charge is 0.326 e. The van der Waals surface area contributed by atoms with Gasteiger partial charge in [-0.25, -0.2) is 4.79 Å². The molecule has 0 aliphatic heterocycles. The van der Waals surface area contributed by atoms with Crippen molar-refractivity contribution in [3.05, 3.63) is 29.8 Å². The van der Waals surface area contributed by atoms with Gasteiger partial charge in [0.1, 0.15) is 23.9 Å². The van der Waals surface area contributed by atoms with Gasteiger partial charge in [-0.2, -0.15) is 12.6 Å². The average molecular weight is 512 g/mol. The Balaban J connectivity index is 2.80. The van der Waals surface area contributed by atoms with E-state index in [1.54, 1.807) is 0 Å². The summed E-state index contributed by atoms with van der Waals surface area (Å²) < 4.78 is 0. The minimum Gasteiger partial charge on any atom is -0.508 e. The first-order chi connectivity index (χ1) is 16.4. The molecular formula is C21H33N7O6S. The maximum atomic E-state index is 12.8. The highest BCUT2D eigenvalue weighted by Gasteiger charge is 2.28. The number of carboxylic acids is 1. The summed E-state index contributed by atoms with van der Waals surface area (Å²) in [7, 11) is 0. The van der Waals surface area contributed by atoms with E-state index in [-0.39, 0.29) is 36.8 Å². The van der Waals surface area contributed by atoms with Gasteiger partial charge in [0, 0.05) is 18.7 Å². The fourth-order valence-corrected chi connectivity index (χ4v) is 3.04. The number of guanidine groups is 1. The standard InChI is InChI=1S/C21H33N7O6S/c1-11(17(30)28-16(20(33)34)9-12-4-6-13(29)7-5-12)26-19(32)15(3-2-8-25-21(23)24)27-18(31)14(22)10-35/h4-7,11,14-16,29,35H,2-3,8-10,22H2,1H3,(H,26,32)(H,27,31)(H,28,30)(H,33,34)(H4,23,24,25). The van der Waals surface area contributed by atoms with Crippen molar-refractivity contribution in [1.29, 1.82) is 0 Å². The van der Waals surface area contributed by atoms with Crippen molar-refractivity contribution >= 4 is 42.3 Å². The van der Waals surface area contributed by atoms with Crippen LogP contribution in [0.2, 0.25) is 0 Å². The Morgan fingerprint density at radius 3 is 2.14 bits per heavy atom. The van der Waals surface area contributed by atoms with Crippen molar-refractivity contribution in [3.63, 3.8) is 0 Å². The number of phenolic OH excluding ortho intramolecular Hbond substituents is 1. The molecule has 4 unspecified atom stereocenters. The number of aliphatic carboxylic acids is 1. The Bertz CT molecular complexity index is 908. The number of hydrogen-bond donors (Lipinski definition) is 9. The maximum Gasteiger partial charge on any atom is 0.326 e. The molecule has 0 aliphatic carbocycles. The van der Waals surface area contributed by atoms with Gasteiger partial charge >= 0.3 is 5.97 Å². The minimum atomic E-state index is -1.27. The van der Waals surface area contributed by atoms with Crippen LogP contribution in [0.15, 0.2) is 29.3 Å². The molecule has 194 valence electrons. The summed E-state index contributed by atoms with van der Waals surface area (Å²) in [4.78, 5) is 53.0. The van der Waals surface area contributed by atoms with Crippen LogP contribution >= 0.6 is 12.6 Å². The van der Waals surface area contributed by atoms with E-state index in [1.165, 1.54) is 31.2 Å². The van der Waals surface area contributed by atoms with Crippen molar-refractivity contribution in [1.82, 2.24) is 16.0 Å². The van der Waals surface area contributed by atoms with Gasteiger partial charge < -0.3 is 43.4 Å². The number of aliphatic imine (C=N–C) groups is 1. The third-order valence-electron chi connectivity index (χ3n) is 4.85. The van der Waals surface area contributed by atoms with Crippen LogP contribution in [0.3, 0.4) is 0 Å². The van der Waals surface area contributed by atoms with Crippen LogP contribution < -0.4 is 33.2 Å². The molecule has 0 spiro atoms. The molecule has 1 rings (SSSR count). The Hall–Kier alpha value is -3.52. The Morgan fingerprint density at radius 1 is 1.00 bits per heavy atom. The lowest BCUT2D eigenvalue weighted by atomic mass is 10.1. The van der Waals surface area contributed by atoms with E-state index >= 15 is 0 Å². The second-order valence-corrected chi connectivity index (χ2v) is 8.16. The summed E-state index contributed by atoms with van der Waals surface area (Å²) in [5.41, 5.74) is 16.8. The second-order valence-electron chi connectivity index (χ2n) is 7.80. The summed E-state index contributed by atoms with van der Waals surface area (Å²) in [5.74, 6) is -3.29. The first kappa shape index (κ1) is 29.5. The topological polar surface area (TPSA) is 235 Å². The van der Waals surface area contributed by atoms with Crippen molar-refractivity contribution < 1.29 is 29.4 Å². The number of carbonyl (C=O) groups excluding carboxylic acids is 3. The van der Waals surface area contributed by atoms with Gasteiger partial charge in [-0.1, -0.05) is 12.1 Å². The first-order valence-electron chi connectivity index (χ1n) is 10.8. The maximum absolute atomic E-state index is 12.8. The molecule has 0 aliphatic rings. The summed E-state index contributed by atoms with van der Waals surface area (Å²) in [6.07, 6.45) is 0.467. The number of rotatable bonds is 14. The van der Waals surface area contributed by atoms with Crippen LogP contribution in [-0.2, 0) is 25.6 Å². The molecule has 0 heterocycles. The van der Waals surface area contributed by atoms with E-state index in [4.69, 9.17) is 17.2 Å². The molecule has 11 N–H and O–H groups in total. The lowest BCUT2D eigenvalue weighted by Crippen LogP contribution is -2.56. The predicted molar refractivity (Wildman–Crippen MR) is 133 cm³/mol. The van der Waals surface area contributed by atoms with E-state index in [1.807, 2.05) is 0 Å². The van der Waals surface area contributed by atoms with Gasteiger partial charge in [-0.05, 0) is 37.5 Å². The molecule has 14 heteroatoms. The van der Waals surface area contributed by atoms with E-state index in [0.717, 1.165) is 0 Å². The van der Waals surface area contributed by atoms with Gasteiger partial charge in [0.2, 0.25) is 17.7 Å². The van der Waals surface area contributed by atoms with Gasteiger partial charge in [-0.15, -0.1) is 0 Å². The molecule has 0 saturated carbocycles. The van der Waals surface area contributed by atoms with E-state index < -0.39 is 47.9 Å². The van der Waals surface area contributed by atoms with Crippen LogP contribution in [0.4, 0.5) is 0 Å². The third-order valence-corrected chi connectivity index (χ3v) is 5.25. The molecule has 0 fully saturated rings. The Kier molecular flexibility index (Phi) is 12.4. The van der Waals surface area contributed by atoms with Crippen molar-refractivity contribution in [2.45, 2.75) is 50.4 Å². The lowest BCUT2D eigenvalue weighted by molar-refractivity contribution is -0.142. The number of nitrogens with one attached hydrogen (secondary N) is 3. The number of aromatic hydroxyl groups is 1. The summed E-state index contributed by atoms with van der Waals surface area (Å²) in [6, 6.07) is 1.52. The van der Waals surface area contributed by atoms with Gasteiger partial charge in [0.05, 0.1) is 6.04 Å². The number of phenols is 1. The van der Waals surface area contributed by atoms with Crippen LogP contribution in [0.25, 0.3) is 0 Å². The van der Waals surface area contributed by atoms with Gasteiger partial charge in [-0.3, -0.25) is 19.4 Å². The SMILES string of the molecule is CC(NC(=O)C(CCCN=C(N)N)NC(=O)C(N)CS)C(=O)NC(Cc1ccc(O)cc1)C(=O)O. The quantitative estimate of drug-likeness (QED) is 0.0569. The number of amides is 3. The molecule has 35 heavy (non-hydrogen) atoms. The average Bonchev–Trinajstić information content (AvgIpc) is 2.80. The highest BCUT2D eigenvalue weighted by atomic mass is 32.1. The van der Waals surface area contributed by atoms with Crippen LogP contribution in [0.1, 0.15) is 25.3 Å². The zero-order valence-electron chi connectivity index (χ0n) is 19.3. The monoisotopic (exact) mass is 511 g/mol. The number of nitrogens with two attached hydrogens (primary N) is 3. The summed E-state index contributed by atoms with van der Waals surface area (Å²) in [6.45, 7) is 1.60. The highest BCUT2D eigenvalue weighted by molar-refractivity contribution is 7.80. The summed E-state index contributed by atoms with van der Waals surface area (Å²) in [5, 5.41) is 26.2. The molecule has 4 atom stereocenters. The lowest BCUT2D eigenvalue weighted by Gasteiger charge is -2.23.